The molecule has 1 unspecified atom stereocenters. The first-order valence-electron chi connectivity index (χ1n) is 6.40. The van der Waals surface area contributed by atoms with Gasteiger partial charge < -0.3 is 11.1 Å². The molecule has 2 aromatic rings. The molecule has 0 spiro atoms. The van der Waals surface area contributed by atoms with Gasteiger partial charge in [0.05, 0.1) is 5.56 Å². The van der Waals surface area contributed by atoms with Gasteiger partial charge in [0.15, 0.2) is 0 Å². The summed E-state index contributed by atoms with van der Waals surface area (Å²) in [5.74, 6) is 1.25. The number of benzene rings is 1. The van der Waals surface area contributed by atoms with E-state index in [0.29, 0.717) is 29.4 Å². The molecule has 0 saturated carbocycles. The third-order valence-electron chi connectivity index (χ3n) is 3.01. The number of amides is 1. The minimum absolute atomic E-state index is 0.221. The average Bonchev–Trinajstić information content (AvgIpc) is 2.47. The Kier molecular flexibility index (Phi) is 4.68. The van der Waals surface area contributed by atoms with Crippen molar-refractivity contribution in [1.29, 1.82) is 0 Å². The van der Waals surface area contributed by atoms with Crippen LogP contribution >= 0.6 is 0 Å². The number of anilines is 1. The summed E-state index contributed by atoms with van der Waals surface area (Å²) in [4.78, 5) is 16.2. The number of nitrogens with one attached hydrogen (secondary N) is 1. The van der Waals surface area contributed by atoms with Gasteiger partial charge in [-0.3, -0.25) is 9.00 Å². The second kappa shape index (κ2) is 6.47. The molecule has 1 aromatic heterocycles. The summed E-state index contributed by atoms with van der Waals surface area (Å²) in [5.41, 5.74) is 6.28. The predicted octanol–water partition coefficient (Wildman–Crippen LogP) is 1.32. The van der Waals surface area contributed by atoms with E-state index in [4.69, 9.17) is 5.73 Å². The van der Waals surface area contributed by atoms with Gasteiger partial charge in [0.1, 0.15) is 5.82 Å². The Morgan fingerprint density at radius 2 is 2.05 bits per heavy atom. The van der Waals surface area contributed by atoms with E-state index in [0.717, 1.165) is 10.8 Å². The molecule has 5 nitrogen and oxygen atoms in total. The molecule has 6 heteroatoms. The Balaban J connectivity index is 2.18. The molecule has 0 saturated heterocycles. The van der Waals surface area contributed by atoms with Crippen molar-refractivity contribution in [2.75, 3.05) is 23.8 Å². The van der Waals surface area contributed by atoms with Gasteiger partial charge in [0.25, 0.3) is 5.91 Å². The molecule has 0 bridgehead atoms. The Labute approximate surface area is 120 Å². The topological polar surface area (TPSA) is 85.1 Å². The lowest BCUT2D eigenvalue weighted by atomic mass is 10.1. The van der Waals surface area contributed by atoms with Crippen LogP contribution in [0, 0.1) is 0 Å². The van der Waals surface area contributed by atoms with Crippen molar-refractivity contribution in [3.63, 3.8) is 0 Å². The molecule has 0 aliphatic rings. The van der Waals surface area contributed by atoms with Crippen molar-refractivity contribution in [1.82, 2.24) is 10.3 Å². The fraction of sp³-hybridized carbons (Fsp3) is 0.286. The molecular weight excluding hydrogens is 274 g/mol. The normalized spacial score (nSPS) is 12.2. The predicted molar refractivity (Wildman–Crippen MR) is 82.0 cm³/mol. The quantitative estimate of drug-likeness (QED) is 0.870. The molecule has 3 N–H and O–H groups in total. The van der Waals surface area contributed by atoms with Gasteiger partial charge in [-0.1, -0.05) is 31.2 Å². The largest absolute Gasteiger partial charge is 0.383 e. The first-order chi connectivity index (χ1) is 9.63. The number of aromatic nitrogens is 1. The lowest BCUT2D eigenvalue weighted by Crippen LogP contribution is -2.28. The van der Waals surface area contributed by atoms with Crippen molar-refractivity contribution in [3.05, 3.63) is 36.0 Å². The summed E-state index contributed by atoms with van der Waals surface area (Å²) >= 11 is 0. The van der Waals surface area contributed by atoms with Gasteiger partial charge in [-0.2, -0.15) is 0 Å². The van der Waals surface area contributed by atoms with Crippen molar-refractivity contribution >= 4 is 33.3 Å². The van der Waals surface area contributed by atoms with Gasteiger partial charge in [-0.05, 0) is 5.39 Å². The van der Waals surface area contributed by atoms with Crippen molar-refractivity contribution in [2.24, 2.45) is 0 Å². The summed E-state index contributed by atoms with van der Waals surface area (Å²) in [6, 6.07) is 7.38. The molecular formula is C14H17N3O2S. The number of carbonyl (C=O) groups excluding carboxylic acids is 1. The summed E-state index contributed by atoms with van der Waals surface area (Å²) < 4.78 is 11.3. The van der Waals surface area contributed by atoms with Crippen LogP contribution in [-0.2, 0) is 10.8 Å². The number of nitrogens with two attached hydrogens (primary N) is 1. The summed E-state index contributed by atoms with van der Waals surface area (Å²) in [5, 5.41) is 4.30. The van der Waals surface area contributed by atoms with E-state index in [1.807, 2.05) is 31.2 Å². The average molecular weight is 291 g/mol. The van der Waals surface area contributed by atoms with E-state index in [2.05, 4.69) is 10.3 Å². The first kappa shape index (κ1) is 14.5. The van der Waals surface area contributed by atoms with Gasteiger partial charge in [-0.25, -0.2) is 4.98 Å². The molecule has 0 fully saturated rings. The Morgan fingerprint density at radius 3 is 2.75 bits per heavy atom. The highest BCUT2D eigenvalue weighted by molar-refractivity contribution is 7.84. The molecule has 20 heavy (non-hydrogen) atoms. The Bertz CT molecular complexity index is 658. The van der Waals surface area contributed by atoms with E-state index in [1.165, 1.54) is 6.20 Å². The highest BCUT2D eigenvalue weighted by Gasteiger charge is 2.12. The molecule has 2 rings (SSSR count). The van der Waals surface area contributed by atoms with Crippen LogP contribution in [0.1, 0.15) is 17.3 Å². The molecule has 0 aliphatic heterocycles. The van der Waals surface area contributed by atoms with Crippen LogP contribution in [0.4, 0.5) is 5.82 Å². The number of fused-ring (bicyclic) bond motifs is 1. The maximum Gasteiger partial charge on any atom is 0.253 e. The fourth-order valence-electron chi connectivity index (χ4n) is 1.91. The van der Waals surface area contributed by atoms with Gasteiger partial charge in [0.2, 0.25) is 0 Å². The van der Waals surface area contributed by atoms with Crippen LogP contribution in [0.5, 0.6) is 0 Å². The molecule has 0 aliphatic carbocycles. The van der Waals surface area contributed by atoms with Gasteiger partial charge in [-0.15, -0.1) is 0 Å². The number of pyridine rings is 1. The first-order valence-corrected chi connectivity index (χ1v) is 7.88. The molecule has 1 amide bonds. The van der Waals surface area contributed by atoms with Gasteiger partial charge >= 0.3 is 0 Å². The molecule has 0 radical (unpaired) electrons. The minimum atomic E-state index is -0.881. The van der Waals surface area contributed by atoms with E-state index >= 15 is 0 Å². The maximum absolute atomic E-state index is 12.1. The second-order valence-corrected chi connectivity index (χ2v) is 6.16. The number of nitrogens with zero attached hydrogens (tertiary/aromatic N) is 1. The standard InChI is InChI=1S/C14H17N3O2S/c1-2-20(19)8-7-16-14(18)12-9-17-13(15)11-6-4-3-5-10(11)12/h3-6,9H,2,7-8H2,1H3,(H2,15,17)(H,16,18). The molecule has 1 heterocycles. The zero-order valence-electron chi connectivity index (χ0n) is 11.3. The van der Waals surface area contributed by atoms with Crippen LogP contribution in [0.3, 0.4) is 0 Å². The SMILES string of the molecule is CCS(=O)CCNC(=O)c1cnc(N)c2ccccc12. The van der Waals surface area contributed by atoms with Crippen molar-refractivity contribution in [2.45, 2.75) is 6.92 Å². The third-order valence-corrected chi connectivity index (χ3v) is 4.31. The number of hydrogen-bond donors (Lipinski definition) is 2. The monoisotopic (exact) mass is 291 g/mol. The molecule has 1 aromatic carbocycles. The van der Waals surface area contributed by atoms with Crippen molar-refractivity contribution < 1.29 is 9.00 Å². The van der Waals surface area contributed by atoms with Crippen LogP contribution in [0.15, 0.2) is 30.5 Å². The van der Waals surface area contributed by atoms with Gasteiger partial charge in [0, 0.05) is 40.4 Å². The lowest BCUT2D eigenvalue weighted by molar-refractivity contribution is 0.0957. The van der Waals surface area contributed by atoms with Crippen molar-refractivity contribution in [3.8, 4) is 0 Å². The zero-order chi connectivity index (χ0) is 14.5. The number of hydrogen-bond acceptors (Lipinski definition) is 4. The Morgan fingerprint density at radius 1 is 1.35 bits per heavy atom. The lowest BCUT2D eigenvalue weighted by Gasteiger charge is -2.08. The molecule has 106 valence electrons. The van der Waals surface area contributed by atoms with E-state index in [1.54, 1.807) is 0 Å². The van der Waals surface area contributed by atoms with E-state index in [9.17, 15) is 9.00 Å². The number of rotatable bonds is 5. The zero-order valence-corrected chi connectivity index (χ0v) is 12.1. The molecule has 1 atom stereocenters. The number of nitrogen functional groups attached to an aromatic ring is 1. The second-order valence-electron chi connectivity index (χ2n) is 4.29. The summed E-state index contributed by atoms with van der Waals surface area (Å²) in [7, 11) is -0.881. The third kappa shape index (κ3) is 3.14. The maximum atomic E-state index is 12.1. The van der Waals surface area contributed by atoms with E-state index < -0.39 is 10.8 Å². The fourth-order valence-corrected chi connectivity index (χ4v) is 2.53. The van der Waals surface area contributed by atoms with Crippen LogP contribution in [0.2, 0.25) is 0 Å². The number of carbonyl (C=O) groups is 1. The summed E-state index contributed by atoms with van der Waals surface area (Å²) in [6.07, 6.45) is 1.48. The Hall–Kier alpha value is -1.95. The van der Waals surface area contributed by atoms with E-state index in [-0.39, 0.29) is 5.91 Å². The smallest absolute Gasteiger partial charge is 0.253 e. The minimum Gasteiger partial charge on any atom is -0.383 e. The van der Waals surface area contributed by atoms with Crippen LogP contribution < -0.4 is 11.1 Å². The summed E-state index contributed by atoms with van der Waals surface area (Å²) in [6.45, 7) is 2.24. The van der Waals surface area contributed by atoms with Crippen LogP contribution in [0.25, 0.3) is 10.8 Å². The highest BCUT2D eigenvalue weighted by Crippen LogP contribution is 2.22. The highest BCUT2D eigenvalue weighted by atomic mass is 32.2. The van der Waals surface area contributed by atoms with Crippen LogP contribution in [-0.4, -0.2) is 33.2 Å².